The molecule has 18 heavy (non-hydrogen) atoms. The summed E-state index contributed by atoms with van der Waals surface area (Å²) in [5.74, 6) is -0.0408. The predicted molar refractivity (Wildman–Crippen MR) is 71.7 cm³/mol. The Kier molecular flexibility index (Phi) is 5.01. The van der Waals surface area contributed by atoms with Gasteiger partial charge >= 0.3 is 5.97 Å². The van der Waals surface area contributed by atoms with Crippen LogP contribution in [-0.2, 0) is 4.79 Å². The first-order valence-electron chi connectivity index (χ1n) is 7.29. The van der Waals surface area contributed by atoms with E-state index in [1.54, 1.807) is 0 Å². The van der Waals surface area contributed by atoms with Crippen molar-refractivity contribution in [2.24, 2.45) is 5.92 Å². The number of piperidine rings is 2. The fraction of sp³-hybridized carbons (Fsp3) is 0.929. The topological polar surface area (TPSA) is 43.8 Å². The Labute approximate surface area is 110 Å². The number of likely N-dealkylation sites (tertiary alicyclic amines) is 2. The van der Waals surface area contributed by atoms with Crippen molar-refractivity contribution in [3.63, 3.8) is 0 Å². The van der Waals surface area contributed by atoms with Gasteiger partial charge in [-0.25, -0.2) is 0 Å². The maximum absolute atomic E-state index is 10.6. The Hall–Kier alpha value is -0.610. The third kappa shape index (κ3) is 3.95. The van der Waals surface area contributed by atoms with Gasteiger partial charge in [-0.2, -0.15) is 0 Å². The fourth-order valence-corrected chi connectivity index (χ4v) is 3.35. The molecule has 0 aromatic carbocycles. The summed E-state index contributed by atoms with van der Waals surface area (Å²) in [5, 5.41) is 8.77. The molecule has 104 valence electrons. The van der Waals surface area contributed by atoms with E-state index < -0.39 is 5.97 Å². The standard InChI is InChI=1S/C14H26N2O2/c1-15-9-6-13(7-10-15)16-8-2-3-12(11-16)4-5-14(17)18/h12-13H,2-11H2,1H3,(H,17,18). The van der Waals surface area contributed by atoms with Crippen molar-refractivity contribution in [2.45, 2.75) is 44.6 Å². The smallest absolute Gasteiger partial charge is 0.303 e. The van der Waals surface area contributed by atoms with Crippen molar-refractivity contribution in [3.8, 4) is 0 Å². The summed E-state index contributed by atoms with van der Waals surface area (Å²) in [6, 6.07) is 0.744. The third-order valence-electron chi connectivity index (χ3n) is 4.52. The second kappa shape index (κ2) is 6.53. The zero-order chi connectivity index (χ0) is 13.0. The van der Waals surface area contributed by atoms with E-state index in [1.807, 2.05) is 0 Å². The summed E-state index contributed by atoms with van der Waals surface area (Å²) >= 11 is 0. The minimum Gasteiger partial charge on any atom is -0.481 e. The number of aliphatic carboxylic acids is 1. The lowest BCUT2D eigenvalue weighted by atomic mass is 9.91. The van der Waals surface area contributed by atoms with Crippen LogP contribution in [0.1, 0.15) is 38.5 Å². The summed E-state index contributed by atoms with van der Waals surface area (Å²) < 4.78 is 0. The van der Waals surface area contributed by atoms with Gasteiger partial charge < -0.3 is 14.9 Å². The third-order valence-corrected chi connectivity index (χ3v) is 4.52. The van der Waals surface area contributed by atoms with Crippen LogP contribution >= 0.6 is 0 Å². The Morgan fingerprint density at radius 1 is 1.22 bits per heavy atom. The second-order valence-electron chi connectivity index (χ2n) is 5.97. The van der Waals surface area contributed by atoms with E-state index in [-0.39, 0.29) is 0 Å². The largest absolute Gasteiger partial charge is 0.481 e. The lowest BCUT2D eigenvalue weighted by Gasteiger charge is -2.41. The van der Waals surface area contributed by atoms with E-state index in [1.165, 1.54) is 45.3 Å². The molecule has 0 bridgehead atoms. The van der Waals surface area contributed by atoms with E-state index in [9.17, 15) is 4.79 Å². The molecule has 4 nitrogen and oxygen atoms in total. The van der Waals surface area contributed by atoms with Gasteiger partial charge in [-0.05, 0) is 64.7 Å². The van der Waals surface area contributed by atoms with E-state index >= 15 is 0 Å². The molecule has 0 aromatic heterocycles. The monoisotopic (exact) mass is 254 g/mol. The van der Waals surface area contributed by atoms with E-state index in [2.05, 4.69) is 16.8 Å². The van der Waals surface area contributed by atoms with Crippen molar-refractivity contribution >= 4 is 5.97 Å². The fourth-order valence-electron chi connectivity index (χ4n) is 3.35. The summed E-state index contributed by atoms with van der Waals surface area (Å²) in [6.07, 6.45) is 6.22. The molecule has 2 heterocycles. The molecule has 1 atom stereocenters. The van der Waals surface area contributed by atoms with Crippen molar-refractivity contribution < 1.29 is 9.90 Å². The number of hydrogen-bond donors (Lipinski definition) is 1. The molecule has 2 rings (SSSR count). The van der Waals surface area contributed by atoms with Crippen LogP contribution in [0.25, 0.3) is 0 Å². The molecule has 0 aliphatic carbocycles. The van der Waals surface area contributed by atoms with Crippen LogP contribution in [0.3, 0.4) is 0 Å². The number of hydrogen-bond acceptors (Lipinski definition) is 3. The Balaban J connectivity index is 1.77. The number of carbonyl (C=O) groups is 1. The van der Waals surface area contributed by atoms with Crippen LogP contribution in [-0.4, -0.2) is 60.1 Å². The maximum Gasteiger partial charge on any atom is 0.303 e. The van der Waals surface area contributed by atoms with Crippen LogP contribution in [0.2, 0.25) is 0 Å². The van der Waals surface area contributed by atoms with E-state index in [4.69, 9.17) is 5.11 Å². The summed E-state index contributed by atoms with van der Waals surface area (Å²) in [7, 11) is 2.20. The average Bonchev–Trinajstić information content (AvgIpc) is 2.37. The molecular weight excluding hydrogens is 228 g/mol. The maximum atomic E-state index is 10.6. The molecule has 0 amide bonds. The molecular formula is C14H26N2O2. The average molecular weight is 254 g/mol. The van der Waals surface area contributed by atoms with Crippen LogP contribution in [0.4, 0.5) is 0 Å². The van der Waals surface area contributed by atoms with Gasteiger partial charge in [0.2, 0.25) is 0 Å². The molecule has 2 aliphatic rings. The zero-order valence-electron chi connectivity index (χ0n) is 11.5. The highest BCUT2D eigenvalue weighted by Gasteiger charge is 2.28. The molecule has 1 unspecified atom stereocenters. The summed E-state index contributed by atoms with van der Waals surface area (Å²) in [4.78, 5) is 15.7. The molecule has 0 spiro atoms. The Bertz CT molecular complexity index is 275. The van der Waals surface area contributed by atoms with Gasteiger partial charge in [0.1, 0.15) is 0 Å². The Morgan fingerprint density at radius 2 is 1.94 bits per heavy atom. The first kappa shape index (κ1) is 13.8. The number of nitrogens with zero attached hydrogens (tertiary/aromatic N) is 2. The number of carboxylic acid groups (broad SMARTS) is 1. The van der Waals surface area contributed by atoms with E-state index in [0.29, 0.717) is 12.3 Å². The lowest BCUT2D eigenvalue weighted by molar-refractivity contribution is -0.137. The normalized spacial score (nSPS) is 28.4. The first-order chi connectivity index (χ1) is 8.65. The van der Waals surface area contributed by atoms with Gasteiger partial charge in [0, 0.05) is 19.0 Å². The number of carboxylic acids is 1. The SMILES string of the molecule is CN1CCC(N2CCCC(CCC(=O)O)C2)CC1. The molecule has 0 saturated carbocycles. The van der Waals surface area contributed by atoms with Gasteiger partial charge in [-0.15, -0.1) is 0 Å². The van der Waals surface area contributed by atoms with Crippen molar-refractivity contribution in [1.29, 1.82) is 0 Å². The minimum absolute atomic E-state index is 0.339. The first-order valence-corrected chi connectivity index (χ1v) is 7.29. The summed E-state index contributed by atoms with van der Waals surface area (Å²) in [6.45, 7) is 4.77. The molecule has 2 saturated heterocycles. The van der Waals surface area contributed by atoms with Gasteiger partial charge in [0.05, 0.1) is 0 Å². The molecule has 2 aliphatic heterocycles. The van der Waals surface area contributed by atoms with Crippen molar-refractivity contribution in [1.82, 2.24) is 9.80 Å². The molecule has 0 aromatic rings. The highest BCUT2D eigenvalue weighted by Crippen LogP contribution is 2.25. The highest BCUT2D eigenvalue weighted by atomic mass is 16.4. The van der Waals surface area contributed by atoms with Crippen LogP contribution in [0, 0.1) is 5.92 Å². The van der Waals surface area contributed by atoms with Gasteiger partial charge in [0.25, 0.3) is 0 Å². The van der Waals surface area contributed by atoms with Crippen LogP contribution in [0.15, 0.2) is 0 Å². The van der Waals surface area contributed by atoms with Crippen molar-refractivity contribution in [2.75, 3.05) is 33.2 Å². The Morgan fingerprint density at radius 3 is 2.61 bits per heavy atom. The molecule has 0 radical (unpaired) electrons. The highest BCUT2D eigenvalue weighted by molar-refractivity contribution is 5.66. The van der Waals surface area contributed by atoms with Gasteiger partial charge in [0.15, 0.2) is 0 Å². The quantitative estimate of drug-likeness (QED) is 0.828. The van der Waals surface area contributed by atoms with Gasteiger partial charge in [-0.3, -0.25) is 4.79 Å². The molecule has 4 heteroatoms. The van der Waals surface area contributed by atoms with Crippen molar-refractivity contribution in [3.05, 3.63) is 0 Å². The van der Waals surface area contributed by atoms with E-state index in [0.717, 1.165) is 19.0 Å². The van der Waals surface area contributed by atoms with Crippen LogP contribution < -0.4 is 0 Å². The molecule has 2 fully saturated rings. The second-order valence-corrected chi connectivity index (χ2v) is 5.97. The number of rotatable bonds is 4. The van der Waals surface area contributed by atoms with Crippen LogP contribution in [0.5, 0.6) is 0 Å². The van der Waals surface area contributed by atoms with Gasteiger partial charge in [-0.1, -0.05) is 0 Å². The summed E-state index contributed by atoms with van der Waals surface area (Å²) in [5.41, 5.74) is 0. The minimum atomic E-state index is -0.647. The predicted octanol–water partition coefficient (Wildman–Crippen LogP) is 1.66. The zero-order valence-corrected chi connectivity index (χ0v) is 11.5. The molecule has 1 N–H and O–H groups in total. The lowest BCUT2D eigenvalue weighted by Crippen LogP contribution is -2.47.